The molecule has 0 aromatic heterocycles. The minimum atomic E-state index is 0. The SMILES string of the molecule is CCNC(=NCC1CC1C)NC1CN(C2CC2)CC1C.I. The van der Waals surface area contributed by atoms with Gasteiger partial charge in [0.2, 0.25) is 0 Å². The third-order valence-electron chi connectivity index (χ3n) is 5.13. The molecule has 4 atom stereocenters. The first kappa shape index (κ1) is 17.3. The van der Waals surface area contributed by atoms with Crippen molar-refractivity contribution < 1.29 is 0 Å². The standard InChI is InChI=1S/C16H30N4.HI/c1-4-17-16(18-8-13-7-11(13)2)19-15-10-20(9-12(15)3)14-5-6-14;/h11-15H,4-10H2,1-3H3,(H2,17,18,19);1H. The predicted octanol–water partition coefficient (Wildman–Crippen LogP) is 2.30. The quantitative estimate of drug-likeness (QED) is 0.418. The highest BCUT2D eigenvalue weighted by atomic mass is 127. The summed E-state index contributed by atoms with van der Waals surface area (Å²) in [4.78, 5) is 7.45. The minimum Gasteiger partial charge on any atom is -0.357 e. The van der Waals surface area contributed by atoms with Gasteiger partial charge in [0, 0.05) is 38.3 Å². The first-order valence-electron chi connectivity index (χ1n) is 8.46. The lowest BCUT2D eigenvalue weighted by atomic mass is 10.1. The van der Waals surface area contributed by atoms with Gasteiger partial charge >= 0.3 is 0 Å². The molecule has 122 valence electrons. The molecule has 5 heteroatoms. The van der Waals surface area contributed by atoms with Gasteiger partial charge in [-0.25, -0.2) is 0 Å². The molecule has 4 nitrogen and oxygen atoms in total. The monoisotopic (exact) mass is 406 g/mol. The number of guanidine groups is 1. The average Bonchev–Trinajstić information content (AvgIpc) is 3.31. The van der Waals surface area contributed by atoms with Crippen molar-refractivity contribution in [3.05, 3.63) is 0 Å². The Bertz CT molecular complexity index is 369. The average molecular weight is 406 g/mol. The van der Waals surface area contributed by atoms with Gasteiger partial charge in [0.15, 0.2) is 5.96 Å². The van der Waals surface area contributed by atoms with Crippen molar-refractivity contribution in [3.63, 3.8) is 0 Å². The lowest BCUT2D eigenvalue weighted by Gasteiger charge is -2.20. The summed E-state index contributed by atoms with van der Waals surface area (Å²) in [6.07, 6.45) is 4.18. The zero-order chi connectivity index (χ0) is 14.1. The zero-order valence-electron chi connectivity index (χ0n) is 13.6. The molecule has 1 aliphatic heterocycles. The molecule has 3 rings (SSSR count). The summed E-state index contributed by atoms with van der Waals surface area (Å²) in [6, 6.07) is 1.45. The van der Waals surface area contributed by atoms with Crippen LogP contribution in [0.3, 0.4) is 0 Å². The molecule has 2 N–H and O–H groups in total. The Kier molecular flexibility index (Phi) is 6.17. The van der Waals surface area contributed by atoms with Gasteiger partial charge in [-0.1, -0.05) is 13.8 Å². The predicted molar refractivity (Wildman–Crippen MR) is 99.3 cm³/mol. The fourth-order valence-electron chi connectivity index (χ4n) is 3.29. The van der Waals surface area contributed by atoms with Crippen LogP contribution in [0.15, 0.2) is 4.99 Å². The van der Waals surface area contributed by atoms with Gasteiger partial charge in [0.1, 0.15) is 0 Å². The highest BCUT2D eigenvalue weighted by molar-refractivity contribution is 14.0. The van der Waals surface area contributed by atoms with Crippen molar-refractivity contribution in [1.82, 2.24) is 15.5 Å². The Balaban J connectivity index is 0.00000161. The molecular formula is C16H31IN4. The summed E-state index contributed by atoms with van der Waals surface area (Å²) in [6.45, 7) is 11.2. The number of hydrogen-bond acceptors (Lipinski definition) is 2. The van der Waals surface area contributed by atoms with E-state index in [4.69, 9.17) is 4.99 Å². The lowest BCUT2D eigenvalue weighted by Crippen LogP contribution is -2.46. The molecule has 1 saturated heterocycles. The molecule has 0 aromatic carbocycles. The van der Waals surface area contributed by atoms with Crippen LogP contribution in [-0.4, -0.2) is 49.1 Å². The van der Waals surface area contributed by atoms with E-state index in [1.165, 1.54) is 32.4 Å². The van der Waals surface area contributed by atoms with E-state index in [0.717, 1.165) is 42.8 Å². The van der Waals surface area contributed by atoms with Gasteiger partial charge in [0.25, 0.3) is 0 Å². The van der Waals surface area contributed by atoms with Gasteiger partial charge in [-0.15, -0.1) is 24.0 Å². The molecule has 0 radical (unpaired) electrons. The molecule has 2 aliphatic carbocycles. The molecular weight excluding hydrogens is 375 g/mol. The minimum absolute atomic E-state index is 0. The van der Waals surface area contributed by atoms with Crippen LogP contribution in [0, 0.1) is 17.8 Å². The summed E-state index contributed by atoms with van der Waals surface area (Å²) in [7, 11) is 0. The zero-order valence-corrected chi connectivity index (χ0v) is 16.0. The molecule has 0 bridgehead atoms. The van der Waals surface area contributed by atoms with Crippen LogP contribution in [-0.2, 0) is 0 Å². The van der Waals surface area contributed by atoms with Crippen LogP contribution in [0.5, 0.6) is 0 Å². The van der Waals surface area contributed by atoms with Crippen LogP contribution in [0.1, 0.15) is 40.0 Å². The summed E-state index contributed by atoms with van der Waals surface area (Å²) >= 11 is 0. The number of aliphatic imine (C=N–C) groups is 1. The third kappa shape index (κ3) is 4.71. The fourth-order valence-corrected chi connectivity index (χ4v) is 3.29. The Morgan fingerprint density at radius 3 is 2.48 bits per heavy atom. The second-order valence-corrected chi connectivity index (χ2v) is 7.11. The van der Waals surface area contributed by atoms with Crippen molar-refractivity contribution in [1.29, 1.82) is 0 Å². The molecule has 0 spiro atoms. The Morgan fingerprint density at radius 1 is 1.19 bits per heavy atom. The summed E-state index contributed by atoms with van der Waals surface area (Å²) in [5.41, 5.74) is 0. The molecule has 4 unspecified atom stereocenters. The van der Waals surface area contributed by atoms with E-state index in [1.807, 2.05) is 0 Å². The number of halogens is 1. The Labute approximate surface area is 146 Å². The Hall–Kier alpha value is -0.0400. The maximum absolute atomic E-state index is 4.79. The normalized spacial score (nSPS) is 36.2. The first-order valence-corrected chi connectivity index (χ1v) is 8.46. The third-order valence-corrected chi connectivity index (χ3v) is 5.13. The topological polar surface area (TPSA) is 39.7 Å². The largest absolute Gasteiger partial charge is 0.357 e. The van der Waals surface area contributed by atoms with E-state index in [9.17, 15) is 0 Å². The molecule has 21 heavy (non-hydrogen) atoms. The highest BCUT2D eigenvalue weighted by Crippen LogP contribution is 2.37. The van der Waals surface area contributed by atoms with E-state index in [1.54, 1.807) is 0 Å². The van der Waals surface area contributed by atoms with Crippen LogP contribution in [0.25, 0.3) is 0 Å². The van der Waals surface area contributed by atoms with Gasteiger partial charge in [-0.05, 0) is 43.9 Å². The van der Waals surface area contributed by atoms with Crippen LogP contribution < -0.4 is 10.6 Å². The second-order valence-electron chi connectivity index (χ2n) is 7.11. The van der Waals surface area contributed by atoms with E-state index in [2.05, 4.69) is 36.3 Å². The van der Waals surface area contributed by atoms with Crippen LogP contribution in [0.2, 0.25) is 0 Å². The molecule has 2 saturated carbocycles. The van der Waals surface area contributed by atoms with Gasteiger partial charge in [0.05, 0.1) is 0 Å². The number of likely N-dealkylation sites (tertiary alicyclic amines) is 1. The van der Waals surface area contributed by atoms with Crippen molar-refractivity contribution in [2.75, 3.05) is 26.2 Å². The molecule has 3 aliphatic rings. The van der Waals surface area contributed by atoms with Crippen molar-refractivity contribution in [2.45, 2.75) is 52.1 Å². The van der Waals surface area contributed by atoms with Gasteiger partial charge in [-0.3, -0.25) is 9.89 Å². The summed E-state index contributed by atoms with van der Waals surface area (Å²) < 4.78 is 0. The van der Waals surface area contributed by atoms with Crippen molar-refractivity contribution in [3.8, 4) is 0 Å². The van der Waals surface area contributed by atoms with Crippen LogP contribution >= 0.6 is 24.0 Å². The number of nitrogens with zero attached hydrogens (tertiary/aromatic N) is 2. The van der Waals surface area contributed by atoms with Crippen molar-refractivity contribution >= 4 is 29.9 Å². The molecule has 1 heterocycles. The van der Waals surface area contributed by atoms with E-state index < -0.39 is 0 Å². The number of nitrogens with one attached hydrogen (secondary N) is 2. The summed E-state index contributed by atoms with van der Waals surface area (Å²) in [5, 5.41) is 7.08. The van der Waals surface area contributed by atoms with E-state index in [0.29, 0.717) is 6.04 Å². The number of rotatable bonds is 5. The van der Waals surface area contributed by atoms with Gasteiger partial charge < -0.3 is 10.6 Å². The molecule has 0 aromatic rings. The molecule has 3 fully saturated rings. The lowest BCUT2D eigenvalue weighted by molar-refractivity contribution is 0.315. The van der Waals surface area contributed by atoms with E-state index >= 15 is 0 Å². The van der Waals surface area contributed by atoms with E-state index in [-0.39, 0.29) is 24.0 Å². The van der Waals surface area contributed by atoms with Crippen LogP contribution in [0.4, 0.5) is 0 Å². The first-order chi connectivity index (χ1) is 9.67. The molecule has 0 amide bonds. The maximum atomic E-state index is 4.79. The highest BCUT2D eigenvalue weighted by Gasteiger charge is 2.38. The smallest absolute Gasteiger partial charge is 0.191 e. The Morgan fingerprint density at radius 2 is 1.90 bits per heavy atom. The van der Waals surface area contributed by atoms with Gasteiger partial charge in [-0.2, -0.15) is 0 Å². The van der Waals surface area contributed by atoms with Crippen molar-refractivity contribution in [2.24, 2.45) is 22.7 Å². The maximum Gasteiger partial charge on any atom is 0.191 e. The fraction of sp³-hybridized carbons (Fsp3) is 0.938. The number of hydrogen-bond donors (Lipinski definition) is 2. The summed E-state index contributed by atoms with van der Waals surface area (Å²) in [5.74, 6) is 3.47. The second kappa shape index (κ2) is 7.49.